The van der Waals surface area contributed by atoms with E-state index in [9.17, 15) is 5.11 Å². The number of nitrogens with one attached hydrogen (secondary N) is 1. The van der Waals surface area contributed by atoms with Gasteiger partial charge in [-0.15, -0.1) is 10.2 Å². The second kappa shape index (κ2) is 3.71. The van der Waals surface area contributed by atoms with Gasteiger partial charge < -0.3 is 10.4 Å². The Morgan fingerprint density at radius 1 is 1.50 bits per heavy atom. The lowest BCUT2D eigenvalue weighted by Crippen LogP contribution is -2.33. The molecule has 0 saturated heterocycles. The number of aromatic nitrogens is 4. The summed E-state index contributed by atoms with van der Waals surface area (Å²) in [6.45, 7) is 0.830. The van der Waals surface area contributed by atoms with E-state index in [4.69, 9.17) is 0 Å². The zero-order chi connectivity index (χ0) is 11.0. The first-order chi connectivity index (χ1) is 7.83. The largest absolute Gasteiger partial charge is 0.393 e. The second-order valence-corrected chi connectivity index (χ2v) is 4.21. The maximum absolute atomic E-state index is 9.18. The highest BCUT2D eigenvalue weighted by Crippen LogP contribution is 2.27. The zero-order valence-electron chi connectivity index (χ0n) is 8.74. The SMILES string of the molecule is OC1CC(CNc2nccn3cnnc23)C1. The van der Waals surface area contributed by atoms with E-state index in [2.05, 4.69) is 20.5 Å². The molecule has 0 atom stereocenters. The Bertz CT molecular complexity index is 491. The summed E-state index contributed by atoms with van der Waals surface area (Å²) < 4.78 is 1.82. The van der Waals surface area contributed by atoms with Crippen molar-refractivity contribution in [2.75, 3.05) is 11.9 Å². The van der Waals surface area contributed by atoms with Gasteiger partial charge in [0.15, 0.2) is 5.82 Å². The van der Waals surface area contributed by atoms with Crippen LogP contribution in [0.5, 0.6) is 0 Å². The molecule has 3 rings (SSSR count). The van der Waals surface area contributed by atoms with Crippen molar-refractivity contribution in [3.63, 3.8) is 0 Å². The van der Waals surface area contributed by atoms with Gasteiger partial charge in [0.1, 0.15) is 6.33 Å². The van der Waals surface area contributed by atoms with Crippen LogP contribution in [0.2, 0.25) is 0 Å². The molecule has 6 heteroatoms. The maximum Gasteiger partial charge on any atom is 0.203 e. The fraction of sp³-hybridized carbons (Fsp3) is 0.500. The van der Waals surface area contributed by atoms with Gasteiger partial charge in [0.05, 0.1) is 6.10 Å². The highest BCUT2D eigenvalue weighted by atomic mass is 16.3. The number of fused-ring (bicyclic) bond motifs is 1. The second-order valence-electron chi connectivity index (χ2n) is 4.21. The van der Waals surface area contributed by atoms with E-state index in [0.717, 1.165) is 30.9 Å². The number of aliphatic hydroxyl groups excluding tert-OH is 1. The summed E-state index contributed by atoms with van der Waals surface area (Å²) in [7, 11) is 0. The van der Waals surface area contributed by atoms with Gasteiger partial charge in [-0.2, -0.15) is 0 Å². The molecule has 1 saturated carbocycles. The van der Waals surface area contributed by atoms with Crippen LogP contribution in [-0.4, -0.2) is 37.3 Å². The Hall–Kier alpha value is -1.69. The molecule has 1 fully saturated rings. The van der Waals surface area contributed by atoms with E-state index in [0.29, 0.717) is 5.92 Å². The van der Waals surface area contributed by atoms with Gasteiger partial charge in [0.2, 0.25) is 5.65 Å². The van der Waals surface area contributed by atoms with E-state index < -0.39 is 0 Å². The fourth-order valence-electron chi connectivity index (χ4n) is 1.99. The number of anilines is 1. The predicted molar refractivity (Wildman–Crippen MR) is 58.0 cm³/mol. The van der Waals surface area contributed by atoms with Crippen molar-refractivity contribution < 1.29 is 5.11 Å². The third-order valence-corrected chi connectivity index (χ3v) is 2.98. The predicted octanol–water partition coefficient (Wildman–Crippen LogP) is 0.307. The number of rotatable bonds is 3. The van der Waals surface area contributed by atoms with E-state index in [1.54, 1.807) is 12.5 Å². The molecule has 6 nitrogen and oxygen atoms in total. The standard InChI is InChI=1S/C10H13N5O/c16-8-3-7(4-8)5-12-9-10-14-13-6-15(10)2-1-11-9/h1-2,6-8,16H,3-5H2,(H,11,12). The molecule has 2 heterocycles. The molecule has 1 aliphatic carbocycles. The van der Waals surface area contributed by atoms with Crippen molar-refractivity contribution in [2.24, 2.45) is 5.92 Å². The molecule has 16 heavy (non-hydrogen) atoms. The van der Waals surface area contributed by atoms with Crippen molar-refractivity contribution in [1.29, 1.82) is 0 Å². The Morgan fingerprint density at radius 2 is 2.38 bits per heavy atom. The van der Waals surface area contributed by atoms with Crippen LogP contribution in [0.4, 0.5) is 5.82 Å². The van der Waals surface area contributed by atoms with Gasteiger partial charge in [-0.3, -0.25) is 4.40 Å². The molecule has 0 spiro atoms. The summed E-state index contributed by atoms with van der Waals surface area (Å²) in [6.07, 6.45) is 6.83. The molecular formula is C10H13N5O. The van der Waals surface area contributed by atoms with Gasteiger partial charge >= 0.3 is 0 Å². The van der Waals surface area contributed by atoms with Crippen LogP contribution in [0.1, 0.15) is 12.8 Å². The summed E-state index contributed by atoms with van der Waals surface area (Å²) in [4.78, 5) is 4.23. The van der Waals surface area contributed by atoms with Crippen LogP contribution in [0, 0.1) is 5.92 Å². The third-order valence-electron chi connectivity index (χ3n) is 2.98. The minimum atomic E-state index is -0.108. The molecular weight excluding hydrogens is 206 g/mol. The number of nitrogens with zero attached hydrogens (tertiary/aromatic N) is 4. The van der Waals surface area contributed by atoms with Crippen molar-refractivity contribution in [2.45, 2.75) is 18.9 Å². The lowest BCUT2D eigenvalue weighted by atomic mass is 9.82. The first kappa shape index (κ1) is 9.53. The number of aliphatic hydroxyl groups is 1. The lowest BCUT2D eigenvalue weighted by molar-refractivity contribution is 0.0486. The smallest absolute Gasteiger partial charge is 0.203 e. The van der Waals surface area contributed by atoms with Crippen LogP contribution in [0.15, 0.2) is 18.7 Å². The van der Waals surface area contributed by atoms with E-state index in [1.807, 2.05) is 10.6 Å². The minimum absolute atomic E-state index is 0.108. The summed E-state index contributed by atoms with van der Waals surface area (Å²) in [5, 5.41) is 20.3. The Balaban J connectivity index is 1.71. The van der Waals surface area contributed by atoms with Crippen molar-refractivity contribution in [1.82, 2.24) is 19.6 Å². The Kier molecular flexibility index (Phi) is 2.21. The van der Waals surface area contributed by atoms with Gasteiger partial charge in [0, 0.05) is 18.9 Å². The third kappa shape index (κ3) is 1.61. The first-order valence-electron chi connectivity index (χ1n) is 5.39. The van der Waals surface area contributed by atoms with Gasteiger partial charge in [-0.25, -0.2) is 4.98 Å². The monoisotopic (exact) mass is 219 g/mol. The topological polar surface area (TPSA) is 75.3 Å². The van der Waals surface area contributed by atoms with E-state index in [-0.39, 0.29) is 6.10 Å². The Morgan fingerprint density at radius 3 is 3.19 bits per heavy atom. The first-order valence-corrected chi connectivity index (χ1v) is 5.39. The zero-order valence-corrected chi connectivity index (χ0v) is 8.74. The van der Waals surface area contributed by atoms with Crippen LogP contribution in [0.3, 0.4) is 0 Å². The van der Waals surface area contributed by atoms with Crippen LogP contribution >= 0.6 is 0 Å². The average Bonchev–Trinajstić information content (AvgIpc) is 2.71. The van der Waals surface area contributed by atoms with E-state index >= 15 is 0 Å². The molecule has 2 aromatic rings. The summed E-state index contributed by atoms with van der Waals surface area (Å²) in [6, 6.07) is 0. The van der Waals surface area contributed by atoms with Crippen molar-refractivity contribution >= 4 is 11.5 Å². The van der Waals surface area contributed by atoms with E-state index in [1.165, 1.54) is 0 Å². The fourth-order valence-corrected chi connectivity index (χ4v) is 1.99. The Labute approximate surface area is 92.3 Å². The molecule has 2 aromatic heterocycles. The molecule has 0 aliphatic heterocycles. The van der Waals surface area contributed by atoms with Crippen LogP contribution in [0.25, 0.3) is 5.65 Å². The number of hydrogen-bond donors (Lipinski definition) is 2. The van der Waals surface area contributed by atoms with Gasteiger partial charge in [-0.05, 0) is 18.8 Å². The minimum Gasteiger partial charge on any atom is -0.393 e. The molecule has 1 aliphatic rings. The number of hydrogen-bond acceptors (Lipinski definition) is 5. The van der Waals surface area contributed by atoms with Crippen LogP contribution in [-0.2, 0) is 0 Å². The van der Waals surface area contributed by atoms with Gasteiger partial charge in [-0.1, -0.05) is 0 Å². The highest BCUT2D eigenvalue weighted by Gasteiger charge is 2.26. The molecule has 0 aromatic carbocycles. The molecule has 84 valence electrons. The quantitative estimate of drug-likeness (QED) is 0.777. The molecule has 2 N–H and O–H groups in total. The average molecular weight is 219 g/mol. The molecule has 0 radical (unpaired) electrons. The van der Waals surface area contributed by atoms with Crippen molar-refractivity contribution in [3.05, 3.63) is 18.7 Å². The normalized spacial score (nSPS) is 24.3. The lowest BCUT2D eigenvalue weighted by Gasteiger charge is -2.31. The van der Waals surface area contributed by atoms with Crippen molar-refractivity contribution in [3.8, 4) is 0 Å². The molecule has 0 unspecified atom stereocenters. The summed E-state index contributed by atoms with van der Waals surface area (Å²) in [5.74, 6) is 1.29. The van der Waals surface area contributed by atoms with Crippen LogP contribution < -0.4 is 5.32 Å². The summed E-state index contributed by atoms with van der Waals surface area (Å²) >= 11 is 0. The summed E-state index contributed by atoms with van der Waals surface area (Å²) in [5.41, 5.74) is 0.738. The molecule has 0 amide bonds. The molecule has 0 bridgehead atoms. The van der Waals surface area contributed by atoms with Gasteiger partial charge in [0.25, 0.3) is 0 Å². The maximum atomic E-state index is 9.18. The highest BCUT2D eigenvalue weighted by molar-refractivity contribution is 5.61.